The van der Waals surface area contributed by atoms with Crippen LogP contribution in [0.2, 0.25) is 0 Å². The predicted octanol–water partition coefficient (Wildman–Crippen LogP) is 8.75. The normalized spacial score (nSPS) is 15.6. The second-order valence-electron chi connectivity index (χ2n) is 9.14. The van der Waals surface area contributed by atoms with Gasteiger partial charge in [-0.25, -0.2) is 0 Å². The van der Waals surface area contributed by atoms with Crippen molar-refractivity contribution in [3.05, 3.63) is 130 Å². The standard InChI is InChI=1S/C30H28P2/c1-2-10-24-18-31(17-23(24)9-1)21-27-13-5-7-15-29(27)30-16-8-6-14-28(30)22-32-19-25-11-3-4-12-26(25)20-32/h1-16H,17-22H2. The quantitative estimate of drug-likeness (QED) is 0.267. The molecule has 0 aromatic heterocycles. The van der Waals surface area contributed by atoms with Crippen molar-refractivity contribution in [1.29, 1.82) is 0 Å². The van der Waals surface area contributed by atoms with Crippen molar-refractivity contribution in [2.45, 2.75) is 37.0 Å². The zero-order chi connectivity index (χ0) is 21.3. The lowest BCUT2D eigenvalue weighted by atomic mass is 9.97. The minimum Gasteiger partial charge on any atom is -0.0932 e. The fourth-order valence-electron chi connectivity index (χ4n) is 5.35. The SMILES string of the molecule is c1ccc2c(c1)CP(Cc1ccccc1-c1ccccc1CP1Cc3ccccc3C1)C2. The lowest BCUT2D eigenvalue weighted by Gasteiger charge is -2.18. The maximum Gasteiger partial charge on any atom is -0.00610 e. The van der Waals surface area contributed by atoms with Gasteiger partial charge in [-0.05, 0) is 81.5 Å². The van der Waals surface area contributed by atoms with Gasteiger partial charge in [0.05, 0.1) is 0 Å². The molecule has 0 unspecified atom stereocenters. The predicted molar refractivity (Wildman–Crippen MR) is 141 cm³/mol. The fourth-order valence-corrected chi connectivity index (χ4v) is 10.7. The van der Waals surface area contributed by atoms with Crippen LogP contribution in [0.5, 0.6) is 0 Å². The van der Waals surface area contributed by atoms with E-state index in [4.69, 9.17) is 0 Å². The van der Waals surface area contributed by atoms with E-state index in [1.54, 1.807) is 33.4 Å². The Kier molecular flexibility index (Phi) is 5.69. The van der Waals surface area contributed by atoms with Gasteiger partial charge in [0.15, 0.2) is 0 Å². The van der Waals surface area contributed by atoms with Gasteiger partial charge in [-0.3, -0.25) is 0 Å². The molecule has 4 aromatic rings. The highest BCUT2D eigenvalue weighted by atomic mass is 31.1. The Bertz CT molecular complexity index is 1110. The summed E-state index contributed by atoms with van der Waals surface area (Å²) < 4.78 is 0. The second-order valence-corrected chi connectivity index (χ2v) is 13.7. The van der Waals surface area contributed by atoms with Gasteiger partial charge in [0, 0.05) is 0 Å². The minimum absolute atomic E-state index is 0.00479. The van der Waals surface area contributed by atoms with Crippen molar-refractivity contribution in [2.24, 2.45) is 0 Å². The number of rotatable bonds is 5. The van der Waals surface area contributed by atoms with Crippen molar-refractivity contribution in [1.82, 2.24) is 0 Å². The molecule has 0 bridgehead atoms. The number of fused-ring (bicyclic) bond motifs is 2. The van der Waals surface area contributed by atoms with E-state index in [2.05, 4.69) is 97.1 Å². The summed E-state index contributed by atoms with van der Waals surface area (Å²) in [6.45, 7) is 0. The zero-order valence-corrected chi connectivity index (χ0v) is 20.2. The van der Waals surface area contributed by atoms with Crippen molar-refractivity contribution in [3.8, 4) is 11.1 Å². The molecule has 2 aliphatic heterocycles. The average Bonchev–Trinajstić information content (AvgIpc) is 3.42. The molecule has 0 atom stereocenters. The largest absolute Gasteiger partial charge is 0.0932 e. The molecule has 0 nitrogen and oxygen atoms in total. The van der Waals surface area contributed by atoms with Gasteiger partial charge in [-0.15, -0.1) is 0 Å². The molecule has 2 heterocycles. The first-order chi connectivity index (χ1) is 15.8. The van der Waals surface area contributed by atoms with Crippen LogP contribution in [-0.2, 0) is 37.0 Å². The zero-order valence-electron chi connectivity index (χ0n) is 18.4. The maximum atomic E-state index is 2.38. The summed E-state index contributed by atoms with van der Waals surface area (Å²) in [4.78, 5) is 0. The molecule has 0 saturated carbocycles. The molecular weight excluding hydrogens is 422 g/mol. The van der Waals surface area contributed by atoms with Crippen molar-refractivity contribution in [2.75, 3.05) is 0 Å². The van der Waals surface area contributed by atoms with Crippen LogP contribution in [0.25, 0.3) is 11.1 Å². The van der Waals surface area contributed by atoms with Gasteiger partial charge in [0.25, 0.3) is 0 Å². The van der Waals surface area contributed by atoms with Crippen LogP contribution in [0.3, 0.4) is 0 Å². The average molecular weight is 451 g/mol. The van der Waals surface area contributed by atoms with Crippen LogP contribution < -0.4 is 0 Å². The van der Waals surface area contributed by atoms with Crippen LogP contribution >= 0.6 is 15.8 Å². The molecule has 0 aliphatic carbocycles. The molecule has 2 aliphatic rings. The van der Waals surface area contributed by atoms with E-state index in [1.165, 1.54) is 48.1 Å². The highest BCUT2D eigenvalue weighted by molar-refractivity contribution is 7.56. The highest BCUT2D eigenvalue weighted by Crippen LogP contribution is 2.55. The number of hydrogen-bond donors (Lipinski definition) is 0. The molecule has 0 amide bonds. The van der Waals surface area contributed by atoms with E-state index in [-0.39, 0.29) is 15.8 Å². The van der Waals surface area contributed by atoms with Gasteiger partial charge in [-0.1, -0.05) is 113 Å². The van der Waals surface area contributed by atoms with Gasteiger partial charge >= 0.3 is 0 Å². The molecule has 0 N–H and O–H groups in total. The highest BCUT2D eigenvalue weighted by Gasteiger charge is 2.24. The van der Waals surface area contributed by atoms with Crippen LogP contribution in [0.1, 0.15) is 33.4 Å². The Morgan fingerprint density at radius 3 is 1.09 bits per heavy atom. The minimum atomic E-state index is -0.00479. The van der Waals surface area contributed by atoms with E-state index < -0.39 is 0 Å². The van der Waals surface area contributed by atoms with E-state index in [0.717, 1.165) is 0 Å². The van der Waals surface area contributed by atoms with Crippen molar-refractivity contribution >= 4 is 15.8 Å². The van der Waals surface area contributed by atoms with Crippen LogP contribution in [0, 0.1) is 0 Å². The summed E-state index contributed by atoms with van der Waals surface area (Å²) in [5.74, 6) is 0. The summed E-state index contributed by atoms with van der Waals surface area (Å²) in [5, 5.41) is 0. The van der Waals surface area contributed by atoms with Gasteiger partial charge < -0.3 is 0 Å². The Hall–Kier alpha value is -2.26. The molecule has 4 aromatic carbocycles. The maximum absolute atomic E-state index is 2.38. The molecule has 158 valence electrons. The third kappa shape index (κ3) is 4.08. The Balaban J connectivity index is 1.26. The first-order valence-corrected chi connectivity index (χ1v) is 15.4. The number of hydrogen-bond acceptors (Lipinski definition) is 0. The third-order valence-electron chi connectivity index (χ3n) is 6.93. The van der Waals surface area contributed by atoms with E-state index in [1.807, 2.05) is 0 Å². The lowest BCUT2D eigenvalue weighted by Crippen LogP contribution is -1.94. The summed E-state index contributed by atoms with van der Waals surface area (Å²) in [6.07, 6.45) is 7.59. The number of benzene rings is 4. The third-order valence-corrected chi connectivity index (χ3v) is 11.7. The summed E-state index contributed by atoms with van der Waals surface area (Å²) >= 11 is 0. The van der Waals surface area contributed by atoms with Crippen LogP contribution in [0.4, 0.5) is 0 Å². The summed E-state index contributed by atoms with van der Waals surface area (Å²) in [5.41, 5.74) is 12.4. The lowest BCUT2D eigenvalue weighted by molar-refractivity contribution is 1.31. The molecule has 0 spiro atoms. The van der Waals surface area contributed by atoms with Gasteiger partial charge in [0.2, 0.25) is 0 Å². The molecule has 32 heavy (non-hydrogen) atoms. The second kappa shape index (κ2) is 8.94. The molecule has 6 rings (SSSR count). The Morgan fingerprint density at radius 1 is 0.406 bits per heavy atom. The Labute approximate surface area is 194 Å². The summed E-state index contributed by atoms with van der Waals surface area (Å²) in [6, 6.07) is 36.5. The summed E-state index contributed by atoms with van der Waals surface area (Å²) in [7, 11) is -0.00958. The Morgan fingerprint density at radius 2 is 0.719 bits per heavy atom. The van der Waals surface area contributed by atoms with E-state index >= 15 is 0 Å². The molecule has 0 saturated heterocycles. The molecule has 2 heteroatoms. The molecule has 0 radical (unpaired) electrons. The van der Waals surface area contributed by atoms with Crippen molar-refractivity contribution in [3.63, 3.8) is 0 Å². The van der Waals surface area contributed by atoms with Crippen LogP contribution in [0.15, 0.2) is 97.1 Å². The van der Waals surface area contributed by atoms with Gasteiger partial charge in [0.1, 0.15) is 0 Å². The monoisotopic (exact) mass is 450 g/mol. The molecular formula is C30H28P2. The molecule has 0 fully saturated rings. The fraction of sp³-hybridized carbons (Fsp3) is 0.200. The van der Waals surface area contributed by atoms with Crippen molar-refractivity contribution < 1.29 is 0 Å². The van der Waals surface area contributed by atoms with E-state index in [9.17, 15) is 0 Å². The smallest absolute Gasteiger partial charge is 0.00610 e. The first kappa shape index (κ1) is 20.4. The van der Waals surface area contributed by atoms with Crippen LogP contribution in [-0.4, -0.2) is 0 Å². The first-order valence-electron chi connectivity index (χ1n) is 11.6. The van der Waals surface area contributed by atoms with E-state index in [0.29, 0.717) is 0 Å². The topological polar surface area (TPSA) is 0 Å². The van der Waals surface area contributed by atoms with Gasteiger partial charge in [-0.2, -0.15) is 0 Å².